The summed E-state index contributed by atoms with van der Waals surface area (Å²) >= 11 is 5.92. The van der Waals surface area contributed by atoms with Gasteiger partial charge in [-0.15, -0.1) is 0 Å². The van der Waals surface area contributed by atoms with Gasteiger partial charge in [0.25, 0.3) is 0 Å². The lowest BCUT2D eigenvalue weighted by atomic mass is 10.1. The fraction of sp³-hybridized carbons (Fsp3) is 0.357. The van der Waals surface area contributed by atoms with E-state index in [1.54, 1.807) is 31.3 Å². The number of ether oxygens (including phenoxy) is 1. The monoisotopic (exact) mass is 280 g/mol. The van der Waals surface area contributed by atoms with Gasteiger partial charge in [0.2, 0.25) is 0 Å². The summed E-state index contributed by atoms with van der Waals surface area (Å²) in [5.74, 6) is 0.642. The Balaban J connectivity index is 2.10. The second-order valence-corrected chi connectivity index (χ2v) is 4.79. The van der Waals surface area contributed by atoms with E-state index in [9.17, 15) is 5.11 Å². The lowest BCUT2D eigenvalue weighted by molar-refractivity contribution is 0.190. The van der Waals surface area contributed by atoms with Gasteiger partial charge in [-0.2, -0.15) is 5.10 Å². The number of hydrogen-bond acceptors (Lipinski definition) is 3. The summed E-state index contributed by atoms with van der Waals surface area (Å²) in [7, 11) is 0. The summed E-state index contributed by atoms with van der Waals surface area (Å²) in [6, 6.07) is 5.24. The number of halogens is 1. The molecule has 0 aliphatic rings. The van der Waals surface area contributed by atoms with Crippen molar-refractivity contribution in [3.8, 4) is 5.75 Å². The largest absolute Gasteiger partial charge is 0.488 e. The van der Waals surface area contributed by atoms with Gasteiger partial charge < -0.3 is 9.84 Å². The third kappa shape index (κ3) is 3.49. The molecule has 2 rings (SSSR count). The van der Waals surface area contributed by atoms with Crippen LogP contribution >= 0.6 is 11.6 Å². The Morgan fingerprint density at radius 2 is 2.26 bits per heavy atom. The first-order valence-corrected chi connectivity index (χ1v) is 6.59. The maximum atomic E-state index is 9.71. The van der Waals surface area contributed by atoms with Crippen molar-refractivity contribution in [1.29, 1.82) is 0 Å². The minimum absolute atomic E-state index is 0.418. The van der Waals surface area contributed by atoms with E-state index in [2.05, 4.69) is 5.10 Å². The fourth-order valence-electron chi connectivity index (χ4n) is 1.79. The van der Waals surface area contributed by atoms with Crippen LogP contribution in [0, 0.1) is 0 Å². The Morgan fingerprint density at radius 3 is 2.89 bits per heavy atom. The first-order valence-electron chi connectivity index (χ1n) is 6.21. The van der Waals surface area contributed by atoms with Crippen LogP contribution in [0.3, 0.4) is 0 Å². The molecule has 5 heteroatoms. The molecule has 0 radical (unpaired) electrons. The molecule has 0 unspecified atom stereocenters. The van der Waals surface area contributed by atoms with Crippen LogP contribution in [-0.4, -0.2) is 14.9 Å². The highest BCUT2D eigenvalue weighted by Crippen LogP contribution is 2.28. The standard InChI is InChI=1S/C14H17ClN2O2/c1-3-17-8-11(7-16-17)9-19-14-5-4-12(15)6-13(14)10(2)18/h4-8,10,18H,3,9H2,1-2H3/t10-/m1/s1. The van der Waals surface area contributed by atoms with Gasteiger partial charge in [-0.25, -0.2) is 0 Å². The summed E-state index contributed by atoms with van der Waals surface area (Å²) in [5.41, 5.74) is 1.68. The van der Waals surface area contributed by atoms with Crippen molar-refractivity contribution < 1.29 is 9.84 Å². The summed E-state index contributed by atoms with van der Waals surface area (Å²) in [6.07, 6.45) is 3.10. The number of aliphatic hydroxyl groups is 1. The van der Waals surface area contributed by atoms with Crippen molar-refractivity contribution in [2.45, 2.75) is 33.1 Å². The van der Waals surface area contributed by atoms with Crippen LogP contribution in [0.15, 0.2) is 30.6 Å². The van der Waals surface area contributed by atoms with E-state index in [0.717, 1.165) is 12.1 Å². The number of benzene rings is 1. The first kappa shape index (κ1) is 13.9. The molecule has 0 fully saturated rings. The van der Waals surface area contributed by atoms with Gasteiger partial charge in [-0.05, 0) is 32.0 Å². The Morgan fingerprint density at radius 1 is 1.47 bits per heavy atom. The van der Waals surface area contributed by atoms with Crippen LogP contribution in [0.2, 0.25) is 5.02 Å². The van der Waals surface area contributed by atoms with Crippen molar-refractivity contribution in [3.05, 3.63) is 46.7 Å². The van der Waals surface area contributed by atoms with Gasteiger partial charge in [0, 0.05) is 28.9 Å². The minimum Gasteiger partial charge on any atom is -0.488 e. The molecule has 1 N–H and O–H groups in total. The van der Waals surface area contributed by atoms with Crippen LogP contribution in [0.5, 0.6) is 5.75 Å². The molecule has 1 atom stereocenters. The highest BCUT2D eigenvalue weighted by Gasteiger charge is 2.10. The van der Waals surface area contributed by atoms with E-state index >= 15 is 0 Å². The topological polar surface area (TPSA) is 47.3 Å². The molecule has 0 aliphatic heterocycles. The lowest BCUT2D eigenvalue weighted by Crippen LogP contribution is -2.00. The van der Waals surface area contributed by atoms with Gasteiger partial charge in [-0.1, -0.05) is 11.6 Å². The zero-order chi connectivity index (χ0) is 13.8. The van der Waals surface area contributed by atoms with Gasteiger partial charge >= 0.3 is 0 Å². The van der Waals surface area contributed by atoms with Crippen molar-refractivity contribution in [2.75, 3.05) is 0 Å². The quantitative estimate of drug-likeness (QED) is 0.915. The molecule has 2 aromatic rings. The Hall–Kier alpha value is -1.52. The number of aromatic nitrogens is 2. The number of aliphatic hydroxyl groups excluding tert-OH is 1. The normalized spacial score (nSPS) is 12.4. The van der Waals surface area contributed by atoms with Crippen molar-refractivity contribution in [1.82, 2.24) is 9.78 Å². The molecule has 1 heterocycles. The molecule has 0 spiro atoms. The van der Waals surface area contributed by atoms with Crippen LogP contribution in [0.25, 0.3) is 0 Å². The SMILES string of the molecule is CCn1cc(COc2ccc(Cl)cc2[C@@H](C)O)cn1. The van der Waals surface area contributed by atoms with E-state index in [1.165, 1.54) is 0 Å². The van der Waals surface area contributed by atoms with Gasteiger partial charge in [-0.3, -0.25) is 4.68 Å². The predicted octanol–water partition coefficient (Wildman–Crippen LogP) is 3.19. The minimum atomic E-state index is -0.618. The molecular weight excluding hydrogens is 264 g/mol. The predicted molar refractivity (Wildman–Crippen MR) is 74.3 cm³/mol. The summed E-state index contributed by atoms with van der Waals surface area (Å²) < 4.78 is 7.57. The summed E-state index contributed by atoms with van der Waals surface area (Å²) in [6.45, 7) is 4.97. The molecular formula is C14H17ClN2O2. The third-order valence-electron chi connectivity index (χ3n) is 2.83. The van der Waals surface area contributed by atoms with E-state index in [-0.39, 0.29) is 0 Å². The van der Waals surface area contributed by atoms with E-state index < -0.39 is 6.10 Å². The Bertz CT molecular complexity index is 552. The van der Waals surface area contributed by atoms with Crippen LogP contribution in [-0.2, 0) is 13.2 Å². The number of nitrogens with zero attached hydrogens (tertiary/aromatic N) is 2. The molecule has 0 saturated carbocycles. The molecule has 19 heavy (non-hydrogen) atoms. The average molecular weight is 281 g/mol. The second kappa shape index (κ2) is 6.08. The molecule has 1 aromatic carbocycles. The number of aryl methyl sites for hydroxylation is 1. The molecule has 1 aromatic heterocycles. The zero-order valence-electron chi connectivity index (χ0n) is 11.0. The first-order chi connectivity index (χ1) is 9.10. The molecule has 0 bridgehead atoms. The average Bonchev–Trinajstić information content (AvgIpc) is 2.85. The second-order valence-electron chi connectivity index (χ2n) is 4.35. The van der Waals surface area contributed by atoms with E-state index in [4.69, 9.17) is 16.3 Å². The van der Waals surface area contributed by atoms with Crippen molar-refractivity contribution in [3.63, 3.8) is 0 Å². The van der Waals surface area contributed by atoms with Gasteiger partial charge in [0.15, 0.2) is 0 Å². The van der Waals surface area contributed by atoms with Gasteiger partial charge in [0.1, 0.15) is 12.4 Å². The van der Waals surface area contributed by atoms with Crippen LogP contribution in [0.1, 0.15) is 31.1 Å². The van der Waals surface area contributed by atoms with E-state index in [1.807, 2.05) is 17.8 Å². The number of rotatable bonds is 5. The number of hydrogen-bond donors (Lipinski definition) is 1. The maximum absolute atomic E-state index is 9.71. The molecule has 0 amide bonds. The zero-order valence-corrected chi connectivity index (χ0v) is 11.8. The lowest BCUT2D eigenvalue weighted by Gasteiger charge is -2.13. The Kier molecular flexibility index (Phi) is 4.45. The molecule has 4 nitrogen and oxygen atoms in total. The summed E-state index contributed by atoms with van der Waals surface area (Å²) in [5, 5.41) is 14.5. The highest BCUT2D eigenvalue weighted by molar-refractivity contribution is 6.30. The Labute approximate surface area is 117 Å². The van der Waals surface area contributed by atoms with Crippen molar-refractivity contribution >= 4 is 11.6 Å². The molecule has 102 valence electrons. The molecule has 0 aliphatic carbocycles. The fourth-order valence-corrected chi connectivity index (χ4v) is 1.97. The highest BCUT2D eigenvalue weighted by atomic mass is 35.5. The third-order valence-corrected chi connectivity index (χ3v) is 3.06. The summed E-state index contributed by atoms with van der Waals surface area (Å²) in [4.78, 5) is 0. The smallest absolute Gasteiger partial charge is 0.125 e. The van der Waals surface area contributed by atoms with Crippen LogP contribution in [0.4, 0.5) is 0 Å². The maximum Gasteiger partial charge on any atom is 0.125 e. The van der Waals surface area contributed by atoms with Gasteiger partial charge in [0.05, 0.1) is 12.3 Å². The van der Waals surface area contributed by atoms with Crippen molar-refractivity contribution in [2.24, 2.45) is 0 Å². The van der Waals surface area contributed by atoms with Crippen LogP contribution < -0.4 is 4.74 Å². The molecule has 0 saturated heterocycles. The van der Waals surface area contributed by atoms with E-state index in [0.29, 0.717) is 22.9 Å².